The number of furan rings is 1. The first-order chi connectivity index (χ1) is 16.7. The number of hydrogen-bond donors (Lipinski definition) is 1. The van der Waals surface area contributed by atoms with Crippen LogP contribution >= 0.6 is 0 Å². The number of hydrogen-bond acceptors (Lipinski definition) is 7. The quantitative estimate of drug-likeness (QED) is 0.445. The third kappa shape index (κ3) is 4.69. The maximum absolute atomic E-state index is 13.1. The maximum Gasteiger partial charge on any atom is 0.291 e. The van der Waals surface area contributed by atoms with Gasteiger partial charge in [0.1, 0.15) is 11.3 Å². The van der Waals surface area contributed by atoms with Gasteiger partial charge in [-0.3, -0.25) is 9.59 Å². The van der Waals surface area contributed by atoms with Gasteiger partial charge in [0.05, 0.1) is 13.2 Å². The molecule has 0 unspecified atom stereocenters. The van der Waals surface area contributed by atoms with Gasteiger partial charge in [0.2, 0.25) is 23.4 Å². The Labute approximate surface area is 195 Å². The lowest BCUT2D eigenvalue weighted by molar-refractivity contribution is -0.116. The Morgan fingerprint density at radius 2 is 1.76 bits per heavy atom. The summed E-state index contributed by atoms with van der Waals surface area (Å²) in [5.74, 6) is 0.667. The Morgan fingerprint density at radius 3 is 2.59 bits per heavy atom. The van der Waals surface area contributed by atoms with Gasteiger partial charge in [-0.2, -0.15) is 4.98 Å². The van der Waals surface area contributed by atoms with Crippen LogP contribution in [0.4, 0.5) is 5.69 Å². The van der Waals surface area contributed by atoms with Crippen molar-refractivity contribution >= 4 is 28.5 Å². The van der Waals surface area contributed by atoms with E-state index >= 15 is 0 Å². The molecule has 1 N–H and O–H groups in total. The Hall–Kier alpha value is -3.98. The number of ether oxygens (including phenoxy) is 1. The van der Waals surface area contributed by atoms with Crippen molar-refractivity contribution in [3.63, 3.8) is 0 Å². The van der Waals surface area contributed by atoms with Crippen molar-refractivity contribution < 1.29 is 23.3 Å². The molecule has 9 nitrogen and oxygen atoms in total. The van der Waals surface area contributed by atoms with Crippen molar-refractivity contribution in [1.82, 2.24) is 15.0 Å². The first-order valence-corrected chi connectivity index (χ1v) is 11.3. The van der Waals surface area contributed by atoms with Gasteiger partial charge in [0.25, 0.3) is 5.91 Å². The molecule has 3 heterocycles. The molecule has 5 rings (SSSR count). The highest BCUT2D eigenvalue weighted by atomic mass is 16.5. The summed E-state index contributed by atoms with van der Waals surface area (Å²) in [6.45, 7) is 1.93. The summed E-state index contributed by atoms with van der Waals surface area (Å²) in [4.78, 5) is 31.9. The molecule has 34 heavy (non-hydrogen) atoms. The van der Waals surface area contributed by atoms with Crippen molar-refractivity contribution in [3.05, 3.63) is 66.2 Å². The van der Waals surface area contributed by atoms with Crippen LogP contribution in [-0.4, -0.2) is 53.2 Å². The van der Waals surface area contributed by atoms with Crippen LogP contribution in [0.2, 0.25) is 0 Å². The number of morpholine rings is 1. The van der Waals surface area contributed by atoms with Gasteiger partial charge in [-0.15, -0.1) is 0 Å². The number of nitrogens with one attached hydrogen (secondary N) is 1. The molecule has 0 spiro atoms. The number of aromatic nitrogens is 2. The highest BCUT2D eigenvalue weighted by Crippen LogP contribution is 2.32. The molecule has 1 saturated heterocycles. The number of carbonyl (C=O) groups excluding carboxylic acids is 2. The highest BCUT2D eigenvalue weighted by Gasteiger charge is 2.27. The van der Waals surface area contributed by atoms with E-state index in [1.165, 1.54) is 0 Å². The first kappa shape index (κ1) is 21.8. The molecule has 2 amide bonds. The molecule has 0 atom stereocenters. The Morgan fingerprint density at radius 1 is 1.00 bits per heavy atom. The molecule has 1 fully saturated rings. The molecule has 1 aliphatic heterocycles. The molecule has 0 bridgehead atoms. The number of benzene rings is 2. The van der Waals surface area contributed by atoms with Crippen molar-refractivity contribution in [2.75, 3.05) is 31.6 Å². The molecule has 4 aromatic rings. The Balaban J connectivity index is 1.24. The minimum absolute atomic E-state index is 0.140. The third-order valence-corrected chi connectivity index (χ3v) is 5.65. The number of aryl methyl sites for hydroxylation is 1. The Bertz CT molecular complexity index is 1290. The minimum atomic E-state index is -0.255. The van der Waals surface area contributed by atoms with E-state index < -0.39 is 0 Å². The normalized spacial score (nSPS) is 13.8. The lowest BCUT2D eigenvalue weighted by Crippen LogP contribution is -2.40. The van der Waals surface area contributed by atoms with Crippen LogP contribution in [0.15, 0.2) is 63.5 Å². The number of carbonyl (C=O) groups is 2. The largest absolute Gasteiger partial charge is 0.449 e. The average molecular weight is 460 g/mol. The summed E-state index contributed by atoms with van der Waals surface area (Å²) in [5, 5.41) is 7.59. The molecule has 0 radical (unpaired) electrons. The third-order valence-electron chi connectivity index (χ3n) is 5.65. The van der Waals surface area contributed by atoms with Crippen LogP contribution in [0.1, 0.15) is 29.3 Å². The topological polar surface area (TPSA) is 111 Å². The number of nitrogens with zero attached hydrogens (tertiary/aromatic N) is 3. The summed E-state index contributed by atoms with van der Waals surface area (Å²) in [5.41, 5.74) is 1.83. The predicted molar refractivity (Wildman–Crippen MR) is 124 cm³/mol. The molecule has 0 saturated carbocycles. The molecule has 174 valence electrons. The fraction of sp³-hybridized carbons (Fsp3) is 0.280. The second-order valence-corrected chi connectivity index (χ2v) is 7.99. The van der Waals surface area contributed by atoms with Gasteiger partial charge in [0.15, 0.2) is 0 Å². The van der Waals surface area contributed by atoms with E-state index in [-0.39, 0.29) is 24.0 Å². The van der Waals surface area contributed by atoms with Gasteiger partial charge in [0, 0.05) is 36.9 Å². The minimum Gasteiger partial charge on any atom is -0.449 e. The summed E-state index contributed by atoms with van der Waals surface area (Å²) in [7, 11) is 0. The number of anilines is 1. The summed E-state index contributed by atoms with van der Waals surface area (Å²) >= 11 is 0. The highest BCUT2D eigenvalue weighted by molar-refractivity contribution is 6.10. The van der Waals surface area contributed by atoms with E-state index in [4.69, 9.17) is 13.7 Å². The van der Waals surface area contributed by atoms with Gasteiger partial charge in [-0.1, -0.05) is 47.6 Å². The zero-order valence-electron chi connectivity index (χ0n) is 18.5. The van der Waals surface area contributed by atoms with Gasteiger partial charge >= 0.3 is 0 Å². The van der Waals surface area contributed by atoms with Crippen LogP contribution in [0.5, 0.6) is 0 Å². The van der Waals surface area contributed by atoms with E-state index in [1.54, 1.807) is 11.0 Å². The van der Waals surface area contributed by atoms with E-state index in [1.807, 2.05) is 48.5 Å². The fourth-order valence-electron chi connectivity index (χ4n) is 3.89. The molecule has 0 aliphatic carbocycles. The smallest absolute Gasteiger partial charge is 0.291 e. The summed E-state index contributed by atoms with van der Waals surface area (Å²) in [6.07, 6.45) is 1.22. The van der Waals surface area contributed by atoms with E-state index in [0.29, 0.717) is 67.5 Å². The first-order valence-electron chi connectivity index (χ1n) is 11.3. The standard InChI is InChI=1S/C25H24N4O5/c30-20(11-6-12-21-27-24(28-34-21)17-7-2-1-3-8-17)26-22-18-9-4-5-10-19(18)33-23(22)25(31)29-13-15-32-16-14-29/h1-5,7-10H,6,11-16H2,(H,26,30). The predicted octanol–water partition coefficient (Wildman–Crippen LogP) is 3.92. The number of para-hydroxylation sites is 1. The lowest BCUT2D eigenvalue weighted by Gasteiger charge is -2.26. The van der Waals surface area contributed by atoms with Crippen LogP contribution in [0.3, 0.4) is 0 Å². The van der Waals surface area contributed by atoms with Gasteiger partial charge < -0.3 is 23.9 Å². The fourth-order valence-corrected chi connectivity index (χ4v) is 3.89. The molecule has 2 aromatic carbocycles. The van der Waals surface area contributed by atoms with E-state index in [9.17, 15) is 9.59 Å². The number of amides is 2. The van der Waals surface area contributed by atoms with Gasteiger partial charge in [-0.05, 0) is 18.6 Å². The summed E-state index contributed by atoms with van der Waals surface area (Å²) in [6, 6.07) is 16.8. The molecule has 2 aromatic heterocycles. The molecule has 9 heteroatoms. The van der Waals surface area contributed by atoms with Gasteiger partial charge in [-0.25, -0.2) is 0 Å². The van der Waals surface area contributed by atoms with Crippen LogP contribution in [0, 0.1) is 0 Å². The van der Waals surface area contributed by atoms with Crippen molar-refractivity contribution in [2.45, 2.75) is 19.3 Å². The second-order valence-electron chi connectivity index (χ2n) is 7.99. The van der Waals surface area contributed by atoms with E-state index in [2.05, 4.69) is 15.5 Å². The maximum atomic E-state index is 13.1. The van der Waals surface area contributed by atoms with Crippen molar-refractivity contribution in [1.29, 1.82) is 0 Å². The second kappa shape index (κ2) is 9.88. The van der Waals surface area contributed by atoms with Crippen LogP contribution < -0.4 is 5.32 Å². The SMILES string of the molecule is O=C(CCCc1nc(-c2ccccc2)no1)Nc1c(C(=O)N2CCOCC2)oc2ccccc12. The summed E-state index contributed by atoms with van der Waals surface area (Å²) < 4.78 is 16.5. The van der Waals surface area contributed by atoms with Crippen molar-refractivity contribution in [3.8, 4) is 11.4 Å². The lowest BCUT2D eigenvalue weighted by atomic mass is 10.2. The zero-order valence-corrected chi connectivity index (χ0v) is 18.5. The molecular formula is C25H24N4O5. The van der Waals surface area contributed by atoms with E-state index in [0.717, 1.165) is 5.56 Å². The Kier molecular flexibility index (Phi) is 6.35. The monoisotopic (exact) mass is 460 g/mol. The van der Waals surface area contributed by atoms with Crippen LogP contribution in [-0.2, 0) is 16.0 Å². The molecular weight excluding hydrogens is 436 g/mol. The molecule has 1 aliphatic rings. The van der Waals surface area contributed by atoms with Crippen LogP contribution in [0.25, 0.3) is 22.4 Å². The average Bonchev–Trinajstić information content (AvgIpc) is 3.50. The zero-order chi connectivity index (χ0) is 23.3. The number of fused-ring (bicyclic) bond motifs is 1. The van der Waals surface area contributed by atoms with Crippen molar-refractivity contribution in [2.24, 2.45) is 0 Å². The number of rotatable bonds is 7.